The topological polar surface area (TPSA) is 0 Å². The van der Waals surface area contributed by atoms with E-state index in [9.17, 15) is 0 Å². The zero-order valence-corrected chi connectivity index (χ0v) is 15.8. The lowest BCUT2D eigenvalue weighted by Gasteiger charge is -2.40. The summed E-state index contributed by atoms with van der Waals surface area (Å²) in [5, 5.41) is 0. The molecule has 3 rings (SSSR count). The van der Waals surface area contributed by atoms with Crippen LogP contribution in [0, 0.1) is 0 Å². The van der Waals surface area contributed by atoms with Crippen LogP contribution < -0.4 is 0 Å². The molecular weight excluding hydrogens is 358 g/mol. The molecule has 1 fully saturated rings. The van der Waals surface area contributed by atoms with E-state index in [0.29, 0.717) is 0 Å². The maximum absolute atomic E-state index is 5.88. The largest absolute Gasteiger partial charge is 0.0733 e. The van der Waals surface area contributed by atoms with E-state index >= 15 is 0 Å². The summed E-state index contributed by atoms with van der Waals surface area (Å²) in [6.07, 6.45) is 2.07. The van der Waals surface area contributed by atoms with Crippen LogP contribution in [0.25, 0.3) is 0 Å². The van der Waals surface area contributed by atoms with Crippen molar-refractivity contribution in [2.75, 3.05) is 0 Å². The van der Waals surface area contributed by atoms with Crippen molar-refractivity contribution in [2.24, 2.45) is 0 Å². The van der Waals surface area contributed by atoms with Crippen molar-refractivity contribution >= 4 is 54.5 Å². The Kier molecular flexibility index (Phi) is 4.82. The van der Waals surface area contributed by atoms with Gasteiger partial charge in [0.25, 0.3) is 0 Å². The van der Waals surface area contributed by atoms with Gasteiger partial charge in [0, 0.05) is 12.3 Å². The predicted molar refractivity (Wildman–Crippen MR) is 104 cm³/mol. The summed E-state index contributed by atoms with van der Waals surface area (Å²) >= 11 is 15.7. The SMILES string of the molecule is S=P1(Cc2ccccc2)SP(=S)(Cc2ccccc2)S1. The minimum Gasteiger partial charge on any atom is -0.0733 e. The lowest BCUT2D eigenvalue weighted by molar-refractivity contribution is 1.41. The second-order valence-corrected chi connectivity index (χ2v) is 27.4. The van der Waals surface area contributed by atoms with Crippen LogP contribution in [0.1, 0.15) is 11.1 Å². The zero-order chi connectivity index (χ0) is 14.1. The summed E-state index contributed by atoms with van der Waals surface area (Å²) in [5.41, 5.74) is 2.72. The normalized spacial score (nSPS) is 28.8. The van der Waals surface area contributed by atoms with Crippen LogP contribution in [0.3, 0.4) is 0 Å². The number of hydrogen-bond donors (Lipinski definition) is 0. The molecule has 0 saturated carbocycles. The Morgan fingerprint density at radius 2 is 1.00 bits per heavy atom. The van der Waals surface area contributed by atoms with Gasteiger partial charge in [-0.2, -0.15) is 0 Å². The molecule has 1 saturated heterocycles. The minimum absolute atomic E-state index is 1.03. The highest BCUT2D eigenvalue weighted by Gasteiger charge is 2.43. The third kappa shape index (κ3) is 3.80. The molecule has 20 heavy (non-hydrogen) atoms. The van der Waals surface area contributed by atoms with E-state index in [1.54, 1.807) is 0 Å². The lowest BCUT2D eigenvalue weighted by atomic mass is 10.2. The van der Waals surface area contributed by atoms with Gasteiger partial charge in [-0.1, -0.05) is 106 Å². The van der Waals surface area contributed by atoms with Crippen LogP contribution in [0.15, 0.2) is 60.7 Å². The highest BCUT2D eigenvalue weighted by atomic mass is 33.7. The molecule has 1 aliphatic rings. The Balaban J connectivity index is 1.65. The first-order valence-electron chi connectivity index (χ1n) is 6.26. The van der Waals surface area contributed by atoms with Gasteiger partial charge in [0.15, 0.2) is 0 Å². The molecular formula is C14H14P2S4. The Morgan fingerprint density at radius 3 is 1.35 bits per heavy atom. The summed E-state index contributed by atoms with van der Waals surface area (Å²) < 4.78 is -2.72. The van der Waals surface area contributed by atoms with E-state index in [4.69, 9.17) is 23.6 Å². The molecule has 1 heterocycles. The van der Waals surface area contributed by atoms with Gasteiger partial charge in [-0.15, -0.1) is 0 Å². The van der Waals surface area contributed by atoms with Gasteiger partial charge in [0.1, 0.15) is 0 Å². The fraction of sp³-hybridized carbons (Fsp3) is 0.143. The van der Waals surface area contributed by atoms with Gasteiger partial charge in [0.05, 0.1) is 8.88 Å². The van der Waals surface area contributed by atoms with Crippen LogP contribution in [0.5, 0.6) is 0 Å². The predicted octanol–water partition coefficient (Wildman–Crippen LogP) is 6.49. The second kappa shape index (κ2) is 6.28. The molecule has 0 bridgehead atoms. The van der Waals surface area contributed by atoms with Gasteiger partial charge in [-0.3, -0.25) is 0 Å². The highest BCUT2D eigenvalue weighted by molar-refractivity contribution is 9.46. The molecule has 104 valence electrons. The molecule has 0 radical (unpaired) electrons. The minimum atomic E-state index is -1.36. The average Bonchev–Trinajstić information content (AvgIpc) is 2.38. The summed E-state index contributed by atoms with van der Waals surface area (Å²) in [6.45, 7) is 0. The molecule has 0 spiro atoms. The van der Waals surface area contributed by atoms with Crippen molar-refractivity contribution in [1.82, 2.24) is 0 Å². The third-order valence-corrected chi connectivity index (χ3v) is 34.1. The smallest absolute Gasteiger partial charge is 0.0725 e. The average molecular weight is 372 g/mol. The Morgan fingerprint density at radius 1 is 0.650 bits per heavy atom. The van der Waals surface area contributed by atoms with Gasteiger partial charge >= 0.3 is 0 Å². The number of hydrogen-bond acceptors (Lipinski definition) is 4. The molecule has 1 aliphatic heterocycles. The van der Waals surface area contributed by atoms with Crippen molar-refractivity contribution < 1.29 is 0 Å². The van der Waals surface area contributed by atoms with E-state index in [-0.39, 0.29) is 0 Å². The van der Waals surface area contributed by atoms with Gasteiger partial charge in [0.2, 0.25) is 0 Å². The molecule has 6 heteroatoms. The quantitative estimate of drug-likeness (QED) is 0.563. The van der Waals surface area contributed by atoms with Crippen LogP contribution in [-0.2, 0) is 35.9 Å². The fourth-order valence-electron chi connectivity index (χ4n) is 2.11. The highest BCUT2D eigenvalue weighted by Crippen LogP contribution is 3.06. The Labute approximate surface area is 138 Å². The van der Waals surface area contributed by atoms with E-state index in [1.807, 2.05) is 22.0 Å². The maximum Gasteiger partial charge on any atom is 0.0725 e. The summed E-state index contributed by atoms with van der Waals surface area (Å²) in [7, 11) is 0. The molecule has 0 aromatic heterocycles. The molecule has 0 nitrogen and oxygen atoms in total. The third-order valence-electron chi connectivity index (χ3n) is 2.94. The van der Waals surface area contributed by atoms with E-state index in [0.717, 1.165) is 12.3 Å². The first kappa shape index (κ1) is 15.3. The first-order chi connectivity index (χ1) is 9.57. The van der Waals surface area contributed by atoms with E-state index < -0.39 is 8.88 Å². The molecule has 0 N–H and O–H groups in total. The molecule has 0 aliphatic carbocycles. The van der Waals surface area contributed by atoms with Crippen molar-refractivity contribution in [3.05, 3.63) is 71.8 Å². The summed E-state index contributed by atoms with van der Waals surface area (Å²) in [4.78, 5) is 0. The number of benzene rings is 2. The number of rotatable bonds is 4. The van der Waals surface area contributed by atoms with Crippen molar-refractivity contribution in [2.45, 2.75) is 12.3 Å². The Hall–Kier alpha value is 0.440. The van der Waals surface area contributed by atoms with Crippen molar-refractivity contribution in [1.29, 1.82) is 0 Å². The molecule has 2 aromatic rings. The molecule has 0 atom stereocenters. The van der Waals surface area contributed by atoms with Gasteiger partial charge in [-0.05, 0) is 11.1 Å². The fourth-order valence-corrected chi connectivity index (χ4v) is 48.8. The van der Waals surface area contributed by atoms with Crippen LogP contribution in [0.4, 0.5) is 0 Å². The second-order valence-electron chi connectivity index (χ2n) is 4.67. The maximum atomic E-state index is 5.88. The monoisotopic (exact) mass is 372 g/mol. The van der Waals surface area contributed by atoms with Crippen LogP contribution in [0.2, 0.25) is 0 Å². The zero-order valence-electron chi connectivity index (χ0n) is 10.7. The van der Waals surface area contributed by atoms with Crippen molar-refractivity contribution in [3.8, 4) is 0 Å². The van der Waals surface area contributed by atoms with E-state index in [1.165, 1.54) is 11.1 Å². The Bertz CT molecular complexity index is 611. The van der Waals surface area contributed by atoms with Gasteiger partial charge in [-0.25, -0.2) is 0 Å². The van der Waals surface area contributed by atoms with Gasteiger partial charge < -0.3 is 0 Å². The first-order valence-corrected chi connectivity index (χ1v) is 16.3. The standard InChI is InChI=1S/C14H14P2S4/c17-15(11-13-7-3-1-4-8-13)19-16(18,20-15)12-14-9-5-2-6-10-14/h1-10H,11-12H2. The molecule has 0 unspecified atom stereocenters. The molecule has 0 amide bonds. The lowest BCUT2D eigenvalue weighted by Crippen LogP contribution is -1.91. The van der Waals surface area contributed by atoms with Crippen LogP contribution >= 0.6 is 30.9 Å². The summed E-state index contributed by atoms with van der Waals surface area (Å²) in [6, 6.07) is 21.2. The van der Waals surface area contributed by atoms with Crippen molar-refractivity contribution in [3.63, 3.8) is 0 Å². The van der Waals surface area contributed by atoms with Crippen LogP contribution in [-0.4, -0.2) is 0 Å². The molecule has 2 aromatic carbocycles. The van der Waals surface area contributed by atoms with E-state index in [2.05, 4.69) is 60.7 Å². The summed E-state index contributed by atoms with van der Waals surface area (Å²) in [5.74, 6) is 0.